The van der Waals surface area contributed by atoms with Crippen LogP contribution in [-0.4, -0.2) is 78.2 Å². The third kappa shape index (κ3) is 4.63. The van der Waals surface area contributed by atoms with Crippen LogP contribution in [-0.2, 0) is 14.3 Å². The van der Waals surface area contributed by atoms with E-state index in [2.05, 4.69) is 4.74 Å². The molecule has 196 valence electrons. The molecule has 0 saturated heterocycles. The number of rotatable bonds is 10. The van der Waals surface area contributed by atoms with Crippen molar-refractivity contribution in [2.45, 2.75) is 55.6 Å². The van der Waals surface area contributed by atoms with Crippen molar-refractivity contribution in [1.29, 1.82) is 0 Å². The SMILES string of the molecule is CCOC(=O)CN(CC)C(=O)C(F)(F)C(F)(F)C(F)(F)C(F)(F)C(F)(F)C(F)(F)C(F)(F)F. The Bertz CT molecular complexity index is 732. The van der Waals surface area contributed by atoms with Gasteiger partial charge in [0.05, 0.1) is 6.61 Å². The standard InChI is InChI=1S/C14H12F15NO3/c1-3-30(5-6(31)33-4-2)7(32)8(15,16)9(17,18)10(19,20)11(21,22)12(23,24)13(25,26)14(27,28)29/h3-5H2,1-2H3. The van der Waals surface area contributed by atoms with Gasteiger partial charge in [-0.15, -0.1) is 0 Å². The first-order valence-corrected chi connectivity index (χ1v) is 8.11. The molecule has 0 heterocycles. The number of nitrogens with zero attached hydrogens (tertiary/aromatic N) is 1. The summed E-state index contributed by atoms with van der Waals surface area (Å²) in [5.41, 5.74) is 0. The summed E-state index contributed by atoms with van der Waals surface area (Å²) in [6, 6.07) is 0. The number of carbonyl (C=O) groups excluding carboxylic acids is 2. The number of halogens is 15. The zero-order valence-electron chi connectivity index (χ0n) is 16.0. The highest BCUT2D eigenvalue weighted by Gasteiger charge is 2.94. The molecule has 33 heavy (non-hydrogen) atoms. The largest absolute Gasteiger partial charge is 0.465 e. The first-order chi connectivity index (χ1) is 14.3. The number of amides is 1. The number of esters is 1. The van der Waals surface area contributed by atoms with Gasteiger partial charge in [0.2, 0.25) is 0 Å². The van der Waals surface area contributed by atoms with Crippen molar-refractivity contribution in [1.82, 2.24) is 4.90 Å². The van der Waals surface area contributed by atoms with E-state index in [4.69, 9.17) is 0 Å². The number of likely N-dealkylation sites (N-methyl/N-ethyl adjacent to an activating group) is 1. The number of carbonyl (C=O) groups is 2. The van der Waals surface area contributed by atoms with Gasteiger partial charge in [0.15, 0.2) is 0 Å². The predicted octanol–water partition coefficient (Wildman–Crippen LogP) is 4.77. The number of hydrogen-bond donors (Lipinski definition) is 0. The fraction of sp³-hybridized carbons (Fsp3) is 0.857. The molecule has 0 spiro atoms. The summed E-state index contributed by atoms with van der Waals surface area (Å²) in [5, 5.41) is 0. The first-order valence-electron chi connectivity index (χ1n) is 8.11. The van der Waals surface area contributed by atoms with Gasteiger partial charge < -0.3 is 9.64 Å². The molecule has 0 N–H and O–H groups in total. The lowest BCUT2D eigenvalue weighted by molar-refractivity contribution is -0.449. The molecule has 0 unspecified atom stereocenters. The topological polar surface area (TPSA) is 46.6 Å². The van der Waals surface area contributed by atoms with Crippen molar-refractivity contribution in [2.75, 3.05) is 19.7 Å². The van der Waals surface area contributed by atoms with Crippen LogP contribution in [0.15, 0.2) is 0 Å². The highest BCUT2D eigenvalue weighted by atomic mass is 19.4. The molecule has 0 fully saturated rings. The van der Waals surface area contributed by atoms with Gasteiger partial charge in [0.1, 0.15) is 6.54 Å². The summed E-state index contributed by atoms with van der Waals surface area (Å²) in [5.74, 6) is -53.6. The van der Waals surface area contributed by atoms with Crippen LogP contribution in [0.25, 0.3) is 0 Å². The molecule has 0 saturated carbocycles. The summed E-state index contributed by atoms with van der Waals surface area (Å²) in [6.07, 6.45) is -7.72. The molecule has 1 amide bonds. The summed E-state index contributed by atoms with van der Waals surface area (Å²) in [7, 11) is 0. The minimum Gasteiger partial charge on any atom is -0.465 e. The first kappa shape index (κ1) is 30.9. The molecular formula is C14H12F15NO3. The minimum atomic E-state index is -8.50. The lowest BCUT2D eigenvalue weighted by Crippen LogP contribution is -2.74. The van der Waals surface area contributed by atoms with Crippen molar-refractivity contribution in [3.8, 4) is 0 Å². The van der Waals surface area contributed by atoms with Crippen LogP contribution in [0.1, 0.15) is 13.8 Å². The Balaban J connectivity index is 6.52. The molecular weight excluding hydrogens is 515 g/mol. The van der Waals surface area contributed by atoms with Gasteiger partial charge in [-0.1, -0.05) is 0 Å². The van der Waals surface area contributed by atoms with Gasteiger partial charge in [0.25, 0.3) is 5.91 Å². The van der Waals surface area contributed by atoms with E-state index < -0.39 is 78.2 Å². The smallest absolute Gasteiger partial charge is 0.460 e. The summed E-state index contributed by atoms with van der Waals surface area (Å²) >= 11 is 0. The Morgan fingerprint density at radius 2 is 1.00 bits per heavy atom. The fourth-order valence-electron chi connectivity index (χ4n) is 1.99. The van der Waals surface area contributed by atoms with Crippen molar-refractivity contribution in [3.63, 3.8) is 0 Å². The normalized spacial score (nSPS) is 14.8. The van der Waals surface area contributed by atoms with E-state index in [1.807, 2.05) is 0 Å². The molecule has 0 rings (SSSR count). The highest BCUT2D eigenvalue weighted by molar-refractivity contribution is 5.88. The Kier molecular flexibility index (Phi) is 8.35. The fourth-order valence-corrected chi connectivity index (χ4v) is 1.99. The Labute approximate surface area is 173 Å². The van der Waals surface area contributed by atoms with Crippen molar-refractivity contribution in [3.05, 3.63) is 0 Å². The number of alkyl halides is 15. The monoisotopic (exact) mass is 527 g/mol. The lowest BCUT2D eigenvalue weighted by Gasteiger charge is -2.41. The second-order valence-corrected chi connectivity index (χ2v) is 6.07. The summed E-state index contributed by atoms with van der Waals surface area (Å²) in [4.78, 5) is 22.1. The van der Waals surface area contributed by atoms with Gasteiger partial charge in [-0.25, -0.2) is 0 Å². The molecule has 0 aromatic carbocycles. The highest BCUT2D eigenvalue weighted by Crippen LogP contribution is 2.62. The van der Waals surface area contributed by atoms with E-state index in [0.717, 1.165) is 6.92 Å². The Morgan fingerprint density at radius 3 is 1.33 bits per heavy atom. The molecule has 0 aromatic rings. The zero-order chi connectivity index (χ0) is 27.1. The average Bonchev–Trinajstić information content (AvgIpc) is 2.63. The molecule has 0 atom stereocenters. The van der Waals surface area contributed by atoms with E-state index in [1.165, 1.54) is 0 Å². The molecule has 0 aliphatic heterocycles. The van der Waals surface area contributed by atoms with E-state index >= 15 is 0 Å². The van der Waals surface area contributed by atoms with Crippen molar-refractivity contribution < 1.29 is 80.2 Å². The minimum absolute atomic E-state index is 0.482. The van der Waals surface area contributed by atoms with Crippen molar-refractivity contribution in [2.24, 2.45) is 0 Å². The molecule has 0 bridgehead atoms. The van der Waals surface area contributed by atoms with Gasteiger partial charge in [-0.2, -0.15) is 65.9 Å². The Hall–Kier alpha value is -2.11. The van der Waals surface area contributed by atoms with Crippen LogP contribution < -0.4 is 0 Å². The molecule has 0 radical (unpaired) electrons. The Morgan fingerprint density at radius 1 is 0.636 bits per heavy atom. The maximum absolute atomic E-state index is 13.9. The maximum Gasteiger partial charge on any atom is 0.460 e. The van der Waals surface area contributed by atoms with Crippen molar-refractivity contribution >= 4 is 11.9 Å². The van der Waals surface area contributed by atoms with E-state index in [9.17, 15) is 75.4 Å². The van der Waals surface area contributed by atoms with Crippen LogP contribution in [0.3, 0.4) is 0 Å². The van der Waals surface area contributed by atoms with Gasteiger partial charge in [-0.05, 0) is 13.8 Å². The second kappa shape index (κ2) is 8.92. The van der Waals surface area contributed by atoms with Gasteiger partial charge in [-0.3, -0.25) is 9.59 Å². The molecule has 0 aliphatic rings. The van der Waals surface area contributed by atoms with Crippen LogP contribution in [0.5, 0.6) is 0 Å². The van der Waals surface area contributed by atoms with E-state index in [1.54, 1.807) is 0 Å². The average molecular weight is 527 g/mol. The molecule has 0 aliphatic carbocycles. The second-order valence-electron chi connectivity index (χ2n) is 6.07. The molecule has 4 nitrogen and oxygen atoms in total. The van der Waals surface area contributed by atoms with Crippen LogP contribution in [0.2, 0.25) is 0 Å². The van der Waals surface area contributed by atoms with Crippen LogP contribution in [0.4, 0.5) is 65.9 Å². The third-order valence-corrected chi connectivity index (χ3v) is 3.89. The zero-order valence-corrected chi connectivity index (χ0v) is 16.0. The summed E-state index contributed by atoms with van der Waals surface area (Å²) in [6.45, 7) is -1.55. The quantitative estimate of drug-likeness (QED) is 0.304. The van der Waals surface area contributed by atoms with Crippen LogP contribution in [0, 0.1) is 0 Å². The van der Waals surface area contributed by atoms with Gasteiger partial charge >= 0.3 is 47.7 Å². The van der Waals surface area contributed by atoms with E-state index in [-0.39, 0.29) is 0 Å². The third-order valence-electron chi connectivity index (χ3n) is 3.89. The molecule has 19 heteroatoms. The summed E-state index contributed by atoms with van der Waals surface area (Å²) < 4.78 is 201. The molecule has 0 aromatic heterocycles. The maximum atomic E-state index is 13.9. The van der Waals surface area contributed by atoms with Crippen LogP contribution >= 0.6 is 0 Å². The number of ether oxygens (including phenoxy) is 1. The van der Waals surface area contributed by atoms with Gasteiger partial charge in [0, 0.05) is 6.54 Å². The number of hydrogen-bond acceptors (Lipinski definition) is 3. The van der Waals surface area contributed by atoms with E-state index in [0.29, 0.717) is 6.92 Å². The lowest BCUT2D eigenvalue weighted by atomic mass is 9.90. The predicted molar refractivity (Wildman–Crippen MR) is 74.6 cm³/mol.